The van der Waals surface area contributed by atoms with Crippen LogP contribution in [0.15, 0.2) is 66.7 Å². The van der Waals surface area contributed by atoms with Gasteiger partial charge >= 0.3 is 12.1 Å². The number of urea groups is 2. The lowest BCUT2D eigenvalue weighted by Gasteiger charge is -2.27. The Morgan fingerprint density at radius 3 is 2.21 bits per heavy atom. The largest absolute Gasteiger partial charge is 0.497 e. The normalized spacial score (nSPS) is 13.5. The summed E-state index contributed by atoms with van der Waals surface area (Å²) in [7, 11) is 3.08. The van der Waals surface area contributed by atoms with E-state index in [9.17, 15) is 14.7 Å². The van der Waals surface area contributed by atoms with Gasteiger partial charge in [-0.2, -0.15) is 0 Å². The fraction of sp³-hybridized carbons (Fsp3) is 0.267. The van der Waals surface area contributed by atoms with Crippen molar-refractivity contribution in [3.8, 4) is 17.2 Å². The van der Waals surface area contributed by atoms with Crippen LogP contribution in [0.25, 0.3) is 5.57 Å². The lowest BCUT2D eigenvalue weighted by atomic mass is 9.99. The number of nitrogens with zero attached hydrogens (tertiary/aromatic N) is 1. The number of ether oxygens (including phenoxy) is 3. The number of carbonyl (C=O) groups excluding carboxylic acids is 2. The summed E-state index contributed by atoms with van der Waals surface area (Å²) in [5, 5.41) is 27.0. The van der Waals surface area contributed by atoms with Crippen molar-refractivity contribution in [2.75, 3.05) is 56.5 Å². The van der Waals surface area contributed by atoms with Gasteiger partial charge in [0, 0.05) is 48.7 Å². The highest BCUT2D eigenvalue weighted by Crippen LogP contribution is 2.29. The maximum Gasteiger partial charge on any atom is 0.323 e. The summed E-state index contributed by atoms with van der Waals surface area (Å²) in [4.78, 5) is 27.0. The van der Waals surface area contributed by atoms with Crippen LogP contribution in [0.2, 0.25) is 5.02 Å². The van der Waals surface area contributed by atoms with Crippen molar-refractivity contribution < 1.29 is 34.0 Å². The van der Waals surface area contributed by atoms with E-state index < -0.39 is 18.7 Å². The number of anilines is 3. The number of benzene rings is 3. The fourth-order valence-corrected chi connectivity index (χ4v) is 4.40. The van der Waals surface area contributed by atoms with E-state index in [4.69, 9.17) is 30.9 Å². The van der Waals surface area contributed by atoms with Crippen molar-refractivity contribution in [3.63, 3.8) is 0 Å². The number of aliphatic hydroxyl groups is 2. The van der Waals surface area contributed by atoms with E-state index >= 15 is 0 Å². The van der Waals surface area contributed by atoms with Crippen molar-refractivity contribution >= 4 is 46.3 Å². The molecule has 222 valence electrons. The minimum absolute atomic E-state index is 0.0736. The molecule has 1 unspecified atom stereocenters. The molecule has 4 rings (SSSR count). The van der Waals surface area contributed by atoms with Crippen LogP contribution in [0.5, 0.6) is 17.2 Å². The molecule has 1 aliphatic heterocycles. The Morgan fingerprint density at radius 2 is 1.62 bits per heavy atom. The molecule has 0 saturated heterocycles. The zero-order valence-electron chi connectivity index (χ0n) is 23.2. The Labute approximate surface area is 248 Å². The van der Waals surface area contributed by atoms with Gasteiger partial charge in [0.05, 0.1) is 31.5 Å². The van der Waals surface area contributed by atoms with Crippen molar-refractivity contribution in [1.29, 1.82) is 0 Å². The molecule has 0 aromatic heterocycles. The molecule has 4 amide bonds. The van der Waals surface area contributed by atoms with Crippen molar-refractivity contribution in [3.05, 3.63) is 77.3 Å². The highest BCUT2D eigenvalue weighted by atomic mass is 35.5. The van der Waals surface area contributed by atoms with E-state index in [-0.39, 0.29) is 17.7 Å². The molecule has 0 radical (unpaired) electrons. The van der Waals surface area contributed by atoms with Gasteiger partial charge in [-0.1, -0.05) is 29.8 Å². The molecule has 1 atom stereocenters. The Hall–Kier alpha value is -4.45. The molecule has 0 spiro atoms. The van der Waals surface area contributed by atoms with Gasteiger partial charge in [0.1, 0.15) is 30.0 Å². The first kappa shape index (κ1) is 30.5. The number of methoxy groups -OCH3 is 2. The van der Waals surface area contributed by atoms with Crippen molar-refractivity contribution in [1.82, 2.24) is 4.90 Å². The third kappa shape index (κ3) is 8.29. The summed E-state index contributed by atoms with van der Waals surface area (Å²) < 4.78 is 15.8. The average Bonchev–Trinajstić information content (AvgIpc) is 3.01. The maximum absolute atomic E-state index is 12.8. The molecule has 3 aromatic carbocycles. The minimum atomic E-state index is -0.989. The lowest BCUT2D eigenvalue weighted by Crippen LogP contribution is -2.37. The highest BCUT2D eigenvalue weighted by Gasteiger charge is 2.19. The molecule has 0 bridgehead atoms. The third-order valence-electron chi connectivity index (χ3n) is 6.45. The summed E-state index contributed by atoms with van der Waals surface area (Å²) in [5.74, 6) is 1.54. The van der Waals surface area contributed by atoms with Gasteiger partial charge < -0.3 is 45.3 Å². The fourth-order valence-electron chi connectivity index (χ4n) is 4.18. The van der Waals surface area contributed by atoms with Crippen LogP contribution in [0.1, 0.15) is 12.0 Å². The van der Waals surface area contributed by atoms with E-state index in [0.717, 1.165) is 11.1 Å². The Bertz CT molecular complexity index is 1410. The maximum atomic E-state index is 12.8. The van der Waals surface area contributed by atoms with Gasteiger partial charge in [0.25, 0.3) is 0 Å². The second kappa shape index (κ2) is 14.4. The van der Waals surface area contributed by atoms with Crippen LogP contribution in [0, 0.1) is 0 Å². The first-order valence-electron chi connectivity index (χ1n) is 13.2. The number of halogens is 1. The molecule has 3 aromatic rings. The molecule has 0 fully saturated rings. The Balaban J connectivity index is 1.29. The number of hydrogen-bond acceptors (Lipinski definition) is 7. The van der Waals surface area contributed by atoms with Gasteiger partial charge in [-0.3, -0.25) is 0 Å². The summed E-state index contributed by atoms with van der Waals surface area (Å²) >= 11 is 6.30. The second-order valence-electron chi connectivity index (χ2n) is 9.40. The quantitative estimate of drug-likeness (QED) is 0.220. The van der Waals surface area contributed by atoms with Gasteiger partial charge in [0.15, 0.2) is 0 Å². The first-order valence-corrected chi connectivity index (χ1v) is 13.5. The molecule has 1 heterocycles. The molecule has 12 heteroatoms. The van der Waals surface area contributed by atoms with Crippen LogP contribution in [-0.4, -0.2) is 73.8 Å². The summed E-state index contributed by atoms with van der Waals surface area (Å²) in [6.07, 6.45) is 1.67. The van der Waals surface area contributed by atoms with E-state index in [1.54, 1.807) is 35.2 Å². The molecular weight excluding hydrogens is 564 g/mol. The van der Waals surface area contributed by atoms with E-state index in [0.29, 0.717) is 53.8 Å². The summed E-state index contributed by atoms with van der Waals surface area (Å²) in [6.45, 7) is 0.459. The second-order valence-corrected chi connectivity index (χ2v) is 9.81. The average molecular weight is 597 g/mol. The SMILES string of the molecule is COc1cc(NC(=O)Nc2ccc(C3=CCN(C(=O)Nc4ccc(OCC(O)CO)cc4Cl)CC3)cc2)cc(OC)c1. The Kier molecular flexibility index (Phi) is 10.5. The van der Waals surface area contributed by atoms with Crippen molar-refractivity contribution in [2.24, 2.45) is 0 Å². The van der Waals surface area contributed by atoms with Crippen LogP contribution in [0.3, 0.4) is 0 Å². The minimum Gasteiger partial charge on any atom is -0.497 e. The number of carbonyl (C=O) groups is 2. The van der Waals surface area contributed by atoms with Gasteiger partial charge in [-0.25, -0.2) is 9.59 Å². The smallest absolute Gasteiger partial charge is 0.323 e. The zero-order chi connectivity index (χ0) is 30.1. The lowest BCUT2D eigenvalue weighted by molar-refractivity contribution is 0.0536. The molecule has 0 aliphatic carbocycles. The highest BCUT2D eigenvalue weighted by molar-refractivity contribution is 6.33. The molecule has 1 aliphatic rings. The van der Waals surface area contributed by atoms with Crippen LogP contribution < -0.4 is 30.2 Å². The third-order valence-corrected chi connectivity index (χ3v) is 6.77. The first-order chi connectivity index (χ1) is 20.3. The van der Waals surface area contributed by atoms with Gasteiger partial charge in [0.2, 0.25) is 0 Å². The topological polar surface area (TPSA) is 142 Å². The van der Waals surface area contributed by atoms with Gasteiger partial charge in [-0.15, -0.1) is 0 Å². The monoisotopic (exact) mass is 596 g/mol. The molecule has 42 heavy (non-hydrogen) atoms. The van der Waals surface area contributed by atoms with Crippen molar-refractivity contribution in [2.45, 2.75) is 12.5 Å². The van der Waals surface area contributed by atoms with Gasteiger partial charge in [-0.05, 0) is 41.8 Å². The zero-order valence-corrected chi connectivity index (χ0v) is 24.0. The standard InChI is InChI=1S/C30H33ClN4O7/c1-40-25-13-22(14-26(15-25)41-2)33-29(38)32-21-5-3-19(4-6-21)20-9-11-35(12-10-20)30(39)34-28-8-7-24(16-27(28)31)42-18-23(37)17-36/h3-9,13-16,23,36-37H,10-12,17-18H2,1-2H3,(H,34,39)(H2,32,33,38). The van der Waals surface area contributed by atoms with E-state index in [1.807, 2.05) is 30.3 Å². The number of amides is 4. The van der Waals surface area contributed by atoms with E-state index in [2.05, 4.69) is 16.0 Å². The molecule has 11 nitrogen and oxygen atoms in total. The number of rotatable bonds is 10. The predicted molar refractivity (Wildman–Crippen MR) is 162 cm³/mol. The summed E-state index contributed by atoms with van der Waals surface area (Å²) in [6, 6.07) is 16.7. The Morgan fingerprint density at radius 1 is 0.929 bits per heavy atom. The number of nitrogens with one attached hydrogen (secondary N) is 3. The number of hydrogen-bond donors (Lipinski definition) is 5. The molecule has 0 saturated carbocycles. The van der Waals surface area contributed by atoms with Crippen LogP contribution in [-0.2, 0) is 0 Å². The van der Waals surface area contributed by atoms with Crippen LogP contribution in [0.4, 0.5) is 26.7 Å². The summed E-state index contributed by atoms with van der Waals surface area (Å²) in [5.41, 5.74) is 3.70. The van der Waals surface area contributed by atoms with Crippen LogP contribution >= 0.6 is 11.6 Å². The number of aliphatic hydroxyl groups excluding tert-OH is 2. The molecular formula is C30H33ClN4O7. The molecule has 5 N–H and O–H groups in total. The predicted octanol–water partition coefficient (Wildman–Crippen LogP) is 5.05. The van der Waals surface area contributed by atoms with E-state index in [1.165, 1.54) is 20.3 Å².